The quantitative estimate of drug-likeness (QED) is 0.137. The summed E-state index contributed by atoms with van der Waals surface area (Å²) >= 11 is 0. The Balaban J connectivity index is 1.20. The van der Waals surface area contributed by atoms with Gasteiger partial charge in [0.25, 0.3) is 0 Å². The molecule has 0 saturated carbocycles. The van der Waals surface area contributed by atoms with Crippen LogP contribution < -0.4 is 0 Å². The van der Waals surface area contributed by atoms with Crippen molar-refractivity contribution < 1.29 is 26.3 Å². The summed E-state index contributed by atoms with van der Waals surface area (Å²) < 4.78 is 93.5. The molecular weight excluding hydrogens is 1030 g/mol. The lowest BCUT2D eigenvalue weighted by molar-refractivity contribution is -0.143. The van der Waals surface area contributed by atoms with Crippen molar-refractivity contribution in [1.82, 2.24) is 68.9 Å². The average molecular weight is 1070 g/mol. The minimum atomic E-state index is -5.20. The van der Waals surface area contributed by atoms with Gasteiger partial charge in [-0.15, -0.1) is 0 Å². The van der Waals surface area contributed by atoms with Crippen LogP contribution in [0.2, 0.25) is 0 Å². The van der Waals surface area contributed by atoms with Gasteiger partial charge in [0.1, 0.15) is 52.7 Å². The molecule has 15 nitrogen and oxygen atoms in total. The standard InChI is InChI=1S/C59H41F6N15/c1-27-67-28(2)72-54(71-27)35-9-13-48-44(19-35)45-20-36(55-73-29(3)68-30(4)74-55)10-14-49(45)79(48)52-25-43(39-17-41(58(60,61)62)24-42(18-39)59(63,64)65)53(23-40(52)26-66)80-50-15-11-37(56-75-31(5)69-32(6)76-56)21-46(50)47-22-38(12-16-51(47)80)57-77-33(7)70-34(8)78-57/h9-25H,1-8H3. The molecule has 12 aromatic rings. The first-order chi connectivity index (χ1) is 38.1. The lowest BCUT2D eigenvalue weighted by Gasteiger charge is -2.20. The van der Waals surface area contributed by atoms with Crippen LogP contribution in [-0.2, 0) is 12.4 Å². The predicted molar refractivity (Wildman–Crippen MR) is 288 cm³/mol. The molecule has 6 heterocycles. The second-order valence-electron chi connectivity index (χ2n) is 19.4. The molecule has 0 atom stereocenters. The minimum absolute atomic E-state index is 0.0293. The van der Waals surface area contributed by atoms with Crippen LogP contribution in [0.4, 0.5) is 26.3 Å². The third-order valence-corrected chi connectivity index (χ3v) is 13.6. The molecule has 0 aliphatic carbocycles. The first-order valence-corrected chi connectivity index (χ1v) is 24.9. The Bertz CT molecular complexity index is 4320. The lowest BCUT2D eigenvalue weighted by atomic mass is 9.95. The third-order valence-electron chi connectivity index (χ3n) is 13.6. The highest BCUT2D eigenvalue weighted by molar-refractivity contribution is 6.13. The molecule has 0 amide bonds. The van der Waals surface area contributed by atoms with Crippen molar-refractivity contribution in [2.45, 2.75) is 67.7 Å². The highest BCUT2D eigenvalue weighted by Crippen LogP contribution is 2.46. The van der Waals surface area contributed by atoms with E-state index in [0.717, 1.165) is 0 Å². The van der Waals surface area contributed by atoms with E-state index in [0.29, 0.717) is 148 Å². The molecule has 0 fully saturated rings. The smallest absolute Gasteiger partial charge is 0.309 e. The van der Waals surface area contributed by atoms with E-state index in [1.807, 2.05) is 36.4 Å². The van der Waals surface area contributed by atoms with Gasteiger partial charge in [0.05, 0.1) is 50.1 Å². The van der Waals surface area contributed by atoms with E-state index in [-0.39, 0.29) is 28.6 Å². The molecule has 21 heteroatoms. The van der Waals surface area contributed by atoms with Crippen molar-refractivity contribution in [2.75, 3.05) is 0 Å². The van der Waals surface area contributed by atoms with Gasteiger partial charge in [-0.3, -0.25) is 0 Å². The minimum Gasteiger partial charge on any atom is -0.309 e. The number of hydrogen-bond acceptors (Lipinski definition) is 13. The Labute approximate surface area is 450 Å². The van der Waals surface area contributed by atoms with Gasteiger partial charge in [0, 0.05) is 49.4 Å². The average Bonchev–Trinajstić information content (AvgIpc) is 3.99. The Morgan fingerprint density at radius 3 is 0.900 bits per heavy atom. The van der Waals surface area contributed by atoms with Crippen molar-refractivity contribution >= 4 is 43.6 Å². The second-order valence-corrected chi connectivity index (χ2v) is 19.4. The highest BCUT2D eigenvalue weighted by atomic mass is 19.4. The van der Waals surface area contributed by atoms with Gasteiger partial charge in [-0.25, -0.2) is 59.8 Å². The molecule has 0 saturated heterocycles. The normalized spacial score (nSPS) is 12.1. The Morgan fingerprint density at radius 1 is 0.338 bits per heavy atom. The van der Waals surface area contributed by atoms with Gasteiger partial charge < -0.3 is 9.13 Å². The molecule has 0 aliphatic heterocycles. The molecule has 0 spiro atoms. The number of fused-ring (bicyclic) bond motifs is 6. The van der Waals surface area contributed by atoms with Crippen LogP contribution in [0, 0.1) is 66.7 Å². The Kier molecular flexibility index (Phi) is 11.8. The van der Waals surface area contributed by atoms with Crippen LogP contribution in [0.15, 0.2) is 103 Å². The summed E-state index contributed by atoms with van der Waals surface area (Å²) in [6.45, 7) is 14.0. The number of benzene rings is 6. The van der Waals surface area contributed by atoms with Gasteiger partial charge in [-0.05, 0) is 164 Å². The van der Waals surface area contributed by atoms with Crippen molar-refractivity contribution in [3.63, 3.8) is 0 Å². The van der Waals surface area contributed by atoms with E-state index in [1.54, 1.807) is 101 Å². The molecular formula is C59H41F6N15. The molecule has 0 aliphatic rings. The maximum Gasteiger partial charge on any atom is 0.416 e. The van der Waals surface area contributed by atoms with Crippen LogP contribution in [0.3, 0.4) is 0 Å². The highest BCUT2D eigenvalue weighted by Gasteiger charge is 2.38. The lowest BCUT2D eigenvalue weighted by Crippen LogP contribution is -2.11. The maximum absolute atomic E-state index is 15.0. The van der Waals surface area contributed by atoms with E-state index >= 15 is 0 Å². The molecule has 0 unspecified atom stereocenters. The summed E-state index contributed by atoms with van der Waals surface area (Å²) in [5, 5.41) is 13.9. The first kappa shape index (κ1) is 50.8. The second kappa shape index (κ2) is 18.6. The molecule has 0 radical (unpaired) electrons. The third kappa shape index (κ3) is 9.03. The topological polar surface area (TPSA) is 188 Å². The van der Waals surface area contributed by atoms with E-state index in [4.69, 9.17) is 0 Å². The predicted octanol–water partition coefficient (Wildman–Crippen LogP) is 13.3. The van der Waals surface area contributed by atoms with E-state index in [1.165, 1.54) is 12.1 Å². The summed E-state index contributed by atoms with van der Waals surface area (Å²) in [6, 6.07) is 28.7. The van der Waals surface area contributed by atoms with Crippen LogP contribution in [0.5, 0.6) is 0 Å². The number of alkyl halides is 6. The van der Waals surface area contributed by atoms with Crippen molar-refractivity contribution in [1.29, 1.82) is 5.26 Å². The molecule has 6 aromatic heterocycles. The molecule has 0 N–H and O–H groups in total. The van der Waals surface area contributed by atoms with E-state index in [9.17, 15) is 31.6 Å². The molecule has 80 heavy (non-hydrogen) atoms. The number of hydrogen-bond donors (Lipinski definition) is 0. The summed E-state index contributed by atoms with van der Waals surface area (Å²) in [5.74, 6) is 5.47. The summed E-state index contributed by atoms with van der Waals surface area (Å²) in [4.78, 5) is 54.3. The molecule has 0 bridgehead atoms. The van der Waals surface area contributed by atoms with Gasteiger partial charge in [-0.1, -0.05) is 0 Å². The number of aryl methyl sites for hydroxylation is 8. The summed E-state index contributed by atoms with van der Waals surface area (Å²) in [6.07, 6.45) is -10.4. The van der Waals surface area contributed by atoms with Crippen molar-refractivity contribution in [3.8, 4) is 74.1 Å². The Morgan fingerprint density at radius 2 is 0.625 bits per heavy atom. The number of halogens is 6. The van der Waals surface area contributed by atoms with Gasteiger partial charge in [-0.2, -0.15) is 31.6 Å². The first-order valence-electron chi connectivity index (χ1n) is 24.9. The molecule has 6 aromatic carbocycles. The van der Waals surface area contributed by atoms with Crippen LogP contribution >= 0.6 is 0 Å². The largest absolute Gasteiger partial charge is 0.416 e. The van der Waals surface area contributed by atoms with Gasteiger partial charge in [0.15, 0.2) is 23.3 Å². The fourth-order valence-electron chi connectivity index (χ4n) is 10.5. The van der Waals surface area contributed by atoms with Crippen LogP contribution in [0.25, 0.3) is 112 Å². The fourth-order valence-corrected chi connectivity index (χ4v) is 10.5. The Hall–Kier alpha value is -9.97. The number of nitriles is 1. The van der Waals surface area contributed by atoms with Crippen molar-refractivity contribution in [3.05, 3.63) is 166 Å². The van der Waals surface area contributed by atoms with Crippen molar-refractivity contribution in [2.24, 2.45) is 0 Å². The number of rotatable bonds is 7. The monoisotopic (exact) mass is 1070 g/mol. The zero-order valence-corrected chi connectivity index (χ0v) is 43.8. The maximum atomic E-state index is 15.0. The van der Waals surface area contributed by atoms with E-state index < -0.39 is 29.0 Å². The summed E-state index contributed by atoms with van der Waals surface area (Å²) in [5.41, 5.74) is 1.24. The van der Waals surface area contributed by atoms with Gasteiger partial charge in [0.2, 0.25) is 0 Å². The van der Waals surface area contributed by atoms with Gasteiger partial charge >= 0.3 is 12.4 Å². The number of aromatic nitrogens is 14. The van der Waals surface area contributed by atoms with Crippen LogP contribution in [-0.4, -0.2) is 68.9 Å². The molecule has 12 rings (SSSR count). The molecule has 394 valence electrons. The fraction of sp³-hybridized carbons (Fsp3) is 0.169. The number of nitrogens with zero attached hydrogens (tertiary/aromatic N) is 15. The zero-order valence-electron chi connectivity index (χ0n) is 43.8. The van der Waals surface area contributed by atoms with Crippen LogP contribution in [0.1, 0.15) is 63.3 Å². The zero-order chi connectivity index (χ0) is 56.3. The SMILES string of the molecule is Cc1nc(C)nc(-c2ccc3c(c2)c2cc(-c4nc(C)nc(C)n4)ccc2n3-c2cc(-c3cc(C(F)(F)F)cc(C(F)(F)F)c3)c(-n3c4ccc(-c5nc(C)nc(C)n5)cc4c4cc(-c5nc(C)nc(C)n5)ccc43)cc2C#N)n1. The summed E-state index contributed by atoms with van der Waals surface area (Å²) in [7, 11) is 0. The van der Waals surface area contributed by atoms with E-state index in [2.05, 4.69) is 65.9 Å².